The van der Waals surface area contributed by atoms with Crippen LogP contribution in [0.15, 0.2) is 18.2 Å². The fraction of sp³-hybridized carbons (Fsp3) is 0.562. The van der Waals surface area contributed by atoms with Crippen LogP contribution >= 0.6 is 0 Å². The van der Waals surface area contributed by atoms with E-state index in [4.69, 9.17) is 0 Å². The van der Waals surface area contributed by atoms with Crippen molar-refractivity contribution in [2.24, 2.45) is 0 Å². The third-order valence-electron chi connectivity index (χ3n) is 4.92. The third kappa shape index (κ3) is 3.38. The average molecular weight is 362 g/mol. The zero-order chi connectivity index (χ0) is 17.6. The van der Waals surface area contributed by atoms with Crippen molar-refractivity contribution in [3.63, 3.8) is 0 Å². The number of nitrogens with zero attached hydrogens (tertiary/aromatic N) is 5. The van der Waals surface area contributed by atoms with Crippen molar-refractivity contribution < 1.29 is 8.42 Å². The van der Waals surface area contributed by atoms with Gasteiger partial charge in [-0.05, 0) is 53.8 Å². The standard InChI is InChI=1S/C16H22N6O2S/c1-11(16-17-19-20-22(16)13-6-7-13)21-9-8-14-12(10-21)4-3-5-15(14)18-25(2,23)24/h3-5,11,13,18H,6-10H2,1-2H3/t11-/m1/s1. The summed E-state index contributed by atoms with van der Waals surface area (Å²) in [6.07, 6.45) is 4.27. The maximum Gasteiger partial charge on any atom is 0.229 e. The molecule has 0 unspecified atom stereocenters. The molecular formula is C16H22N6O2S. The molecule has 1 aliphatic heterocycles. The molecule has 25 heavy (non-hydrogen) atoms. The lowest BCUT2D eigenvalue weighted by Gasteiger charge is -2.33. The number of tetrazole rings is 1. The van der Waals surface area contributed by atoms with Crippen molar-refractivity contribution in [2.45, 2.75) is 44.8 Å². The molecular weight excluding hydrogens is 340 g/mol. The van der Waals surface area contributed by atoms with Gasteiger partial charge in [0.25, 0.3) is 0 Å². The van der Waals surface area contributed by atoms with Crippen molar-refractivity contribution in [1.82, 2.24) is 25.1 Å². The highest BCUT2D eigenvalue weighted by molar-refractivity contribution is 7.92. The highest BCUT2D eigenvalue weighted by Gasteiger charge is 2.32. The average Bonchev–Trinajstić information content (AvgIpc) is 3.29. The number of aromatic nitrogens is 4. The lowest BCUT2D eigenvalue weighted by molar-refractivity contribution is 0.180. The summed E-state index contributed by atoms with van der Waals surface area (Å²) in [6.45, 7) is 3.73. The number of rotatable bonds is 5. The normalized spacial score (nSPS) is 19.4. The van der Waals surface area contributed by atoms with Gasteiger partial charge < -0.3 is 0 Å². The Hall–Kier alpha value is -2.00. The molecule has 0 saturated heterocycles. The predicted molar refractivity (Wildman–Crippen MR) is 93.5 cm³/mol. The van der Waals surface area contributed by atoms with Crippen molar-refractivity contribution in [2.75, 3.05) is 17.5 Å². The van der Waals surface area contributed by atoms with Gasteiger partial charge in [0.2, 0.25) is 10.0 Å². The van der Waals surface area contributed by atoms with Crippen LogP contribution < -0.4 is 4.72 Å². The molecule has 1 aliphatic carbocycles. The highest BCUT2D eigenvalue weighted by Crippen LogP contribution is 2.37. The Balaban J connectivity index is 1.57. The molecule has 2 aliphatic rings. The minimum absolute atomic E-state index is 0.121. The second-order valence-corrected chi connectivity index (χ2v) is 8.68. The fourth-order valence-electron chi connectivity index (χ4n) is 3.48. The number of nitrogens with one attached hydrogen (secondary N) is 1. The Morgan fingerprint density at radius 2 is 2.12 bits per heavy atom. The van der Waals surface area contributed by atoms with Crippen molar-refractivity contribution in [3.8, 4) is 0 Å². The van der Waals surface area contributed by atoms with E-state index in [-0.39, 0.29) is 6.04 Å². The van der Waals surface area contributed by atoms with E-state index >= 15 is 0 Å². The van der Waals surface area contributed by atoms with Crippen LogP contribution in [0.5, 0.6) is 0 Å². The van der Waals surface area contributed by atoms with Crippen LogP contribution in [-0.4, -0.2) is 46.3 Å². The highest BCUT2D eigenvalue weighted by atomic mass is 32.2. The number of hydrogen-bond donors (Lipinski definition) is 1. The third-order valence-corrected chi connectivity index (χ3v) is 5.51. The van der Waals surface area contributed by atoms with E-state index in [0.29, 0.717) is 11.7 Å². The first-order chi connectivity index (χ1) is 11.9. The van der Waals surface area contributed by atoms with E-state index in [1.807, 2.05) is 16.8 Å². The number of sulfonamides is 1. The van der Waals surface area contributed by atoms with Crippen molar-refractivity contribution in [1.29, 1.82) is 0 Å². The van der Waals surface area contributed by atoms with Gasteiger partial charge in [0.05, 0.1) is 24.0 Å². The van der Waals surface area contributed by atoms with Crippen LogP contribution in [0.2, 0.25) is 0 Å². The fourth-order valence-corrected chi connectivity index (χ4v) is 4.07. The summed E-state index contributed by atoms with van der Waals surface area (Å²) in [4.78, 5) is 2.34. The maximum absolute atomic E-state index is 11.6. The van der Waals surface area contributed by atoms with Crippen molar-refractivity contribution >= 4 is 15.7 Å². The summed E-state index contributed by atoms with van der Waals surface area (Å²) < 4.78 is 27.7. The monoisotopic (exact) mass is 362 g/mol. The van der Waals surface area contributed by atoms with Gasteiger partial charge in [-0.1, -0.05) is 12.1 Å². The molecule has 8 nitrogen and oxygen atoms in total. The molecule has 0 spiro atoms. The van der Waals surface area contributed by atoms with E-state index in [2.05, 4.69) is 38.1 Å². The van der Waals surface area contributed by atoms with E-state index in [9.17, 15) is 8.42 Å². The minimum Gasteiger partial charge on any atom is -0.289 e. The molecule has 134 valence electrons. The van der Waals surface area contributed by atoms with Crippen LogP contribution in [0.3, 0.4) is 0 Å². The first-order valence-corrected chi connectivity index (χ1v) is 10.4. The number of fused-ring (bicyclic) bond motifs is 1. The number of hydrogen-bond acceptors (Lipinski definition) is 6. The van der Waals surface area contributed by atoms with Gasteiger partial charge in [-0.25, -0.2) is 13.1 Å². The SMILES string of the molecule is C[C@H](c1nnnn1C1CC1)N1CCc2c(cccc2NS(C)(=O)=O)C1. The second-order valence-electron chi connectivity index (χ2n) is 6.93. The number of benzene rings is 1. The van der Waals surface area contributed by atoms with Gasteiger partial charge in [-0.2, -0.15) is 0 Å². The molecule has 9 heteroatoms. The van der Waals surface area contributed by atoms with Gasteiger partial charge in [0, 0.05) is 13.1 Å². The molecule has 1 aromatic heterocycles. The molecule has 1 saturated carbocycles. The van der Waals surface area contributed by atoms with Crippen LogP contribution in [0.1, 0.15) is 48.8 Å². The molecule has 0 radical (unpaired) electrons. The van der Waals surface area contributed by atoms with Gasteiger partial charge in [0.15, 0.2) is 5.82 Å². The molecule has 2 aromatic rings. The Bertz CT molecular complexity index is 890. The van der Waals surface area contributed by atoms with E-state index < -0.39 is 10.0 Å². The summed E-state index contributed by atoms with van der Waals surface area (Å²) in [6, 6.07) is 6.36. The molecule has 0 amide bonds. The topological polar surface area (TPSA) is 93.0 Å². The van der Waals surface area contributed by atoms with E-state index in [1.54, 1.807) is 0 Å². The molecule has 0 bridgehead atoms. The number of anilines is 1. The van der Waals surface area contributed by atoms with Crippen LogP contribution in [0.25, 0.3) is 0 Å². The Kier molecular flexibility index (Phi) is 3.99. The van der Waals surface area contributed by atoms with Gasteiger partial charge >= 0.3 is 0 Å². The molecule has 4 rings (SSSR count). The maximum atomic E-state index is 11.6. The molecule has 1 N–H and O–H groups in total. The summed E-state index contributed by atoms with van der Waals surface area (Å²) in [5.74, 6) is 0.913. The zero-order valence-corrected chi connectivity index (χ0v) is 15.2. The van der Waals surface area contributed by atoms with Crippen LogP contribution in [0.4, 0.5) is 5.69 Å². The second kappa shape index (κ2) is 6.06. The largest absolute Gasteiger partial charge is 0.289 e. The first-order valence-electron chi connectivity index (χ1n) is 8.53. The van der Waals surface area contributed by atoms with Gasteiger partial charge in [-0.15, -0.1) is 5.10 Å². The molecule has 1 aromatic carbocycles. The van der Waals surface area contributed by atoms with Crippen molar-refractivity contribution in [3.05, 3.63) is 35.2 Å². The molecule has 1 atom stereocenters. The lowest BCUT2D eigenvalue weighted by atomic mass is 9.97. The Morgan fingerprint density at radius 1 is 1.32 bits per heavy atom. The zero-order valence-electron chi connectivity index (χ0n) is 14.4. The molecule has 2 heterocycles. The lowest BCUT2D eigenvalue weighted by Crippen LogP contribution is -2.34. The summed E-state index contributed by atoms with van der Waals surface area (Å²) >= 11 is 0. The first kappa shape index (κ1) is 16.5. The quantitative estimate of drug-likeness (QED) is 0.866. The summed E-state index contributed by atoms with van der Waals surface area (Å²) in [5, 5.41) is 12.2. The summed E-state index contributed by atoms with van der Waals surface area (Å²) in [7, 11) is -3.28. The van der Waals surface area contributed by atoms with E-state index in [0.717, 1.165) is 49.3 Å². The smallest absolute Gasteiger partial charge is 0.229 e. The van der Waals surface area contributed by atoms with E-state index in [1.165, 1.54) is 6.26 Å². The minimum atomic E-state index is -3.28. The van der Waals surface area contributed by atoms with Gasteiger partial charge in [0.1, 0.15) is 0 Å². The summed E-state index contributed by atoms with van der Waals surface area (Å²) in [5.41, 5.74) is 2.92. The van der Waals surface area contributed by atoms with Crippen LogP contribution in [0, 0.1) is 0 Å². The Morgan fingerprint density at radius 3 is 2.84 bits per heavy atom. The Labute approximate surface area is 147 Å². The van der Waals surface area contributed by atoms with Crippen LogP contribution in [-0.2, 0) is 23.0 Å². The molecule has 1 fully saturated rings. The predicted octanol–water partition coefficient (Wildman–Crippen LogP) is 1.50. The van der Waals surface area contributed by atoms with Gasteiger partial charge in [-0.3, -0.25) is 9.62 Å².